The van der Waals surface area contributed by atoms with Crippen LogP contribution in [-0.4, -0.2) is 11.7 Å². The topological polar surface area (TPSA) is 46.2 Å². The van der Waals surface area contributed by atoms with Crippen molar-refractivity contribution in [2.75, 3.05) is 6.54 Å². The van der Waals surface area contributed by atoms with Gasteiger partial charge in [-0.1, -0.05) is 52.5 Å². The first-order chi connectivity index (χ1) is 9.43. The molecule has 3 N–H and O–H groups in total. The molecule has 0 saturated heterocycles. The first-order valence-electron chi connectivity index (χ1n) is 5.71. The first-order valence-corrected chi connectivity index (χ1v) is 8.04. The van der Waals surface area contributed by atoms with Gasteiger partial charge < -0.3 is 10.8 Å². The second-order valence-corrected chi connectivity index (χ2v) is 7.34. The van der Waals surface area contributed by atoms with Crippen LogP contribution < -0.4 is 5.73 Å². The molecule has 2 atom stereocenters. The summed E-state index contributed by atoms with van der Waals surface area (Å²) in [6.07, 6.45) is -0.853. The molecule has 2 nitrogen and oxygen atoms in total. The average Bonchev–Trinajstić information content (AvgIpc) is 2.73. The normalized spacial score (nSPS) is 14.3. The summed E-state index contributed by atoms with van der Waals surface area (Å²) in [5.74, 6) is -0.340. The standard InChI is InChI=1S/C13H11Cl4NOS/c14-9-2-1-6(3-10(9)15)8(5-18)12(19)7-4-11(16)20-13(7)17/h1-4,8,12,19H,5,18H2. The van der Waals surface area contributed by atoms with Gasteiger partial charge >= 0.3 is 0 Å². The van der Waals surface area contributed by atoms with Crippen molar-refractivity contribution in [3.8, 4) is 0 Å². The maximum Gasteiger partial charge on any atom is 0.100 e. The molecule has 1 heterocycles. The third kappa shape index (κ3) is 3.42. The molecular formula is C13H11Cl4NOS. The molecule has 0 aliphatic heterocycles. The Morgan fingerprint density at radius 1 is 1.10 bits per heavy atom. The molecule has 1 aromatic carbocycles. The van der Waals surface area contributed by atoms with Gasteiger partial charge in [-0.2, -0.15) is 0 Å². The van der Waals surface area contributed by atoms with Crippen molar-refractivity contribution in [2.45, 2.75) is 12.0 Å². The van der Waals surface area contributed by atoms with Crippen LogP contribution in [0.5, 0.6) is 0 Å². The molecule has 0 fully saturated rings. The quantitative estimate of drug-likeness (QED) is 0.782. The number of aliphatic hydroxyl groups is 1. The van der Waals surface area contributed by atoms with Crippen LogP contribution in [0.4, 0.5) is 0 Å². The van der Waals surface area contributed by atoms with Gasteiger partial charge in [0.2, 0.25) is 0 Å². The van der Waals surface area contributed by atoms with Gasteiger partial charge in [-0.25, -0.2) is 0 Å². The largest absolute Gasteiger partial charge is 0.388 e. The number of hydrogen-bond acceptors (Lipinski definition) is 3. The van der Waals surface area contributed by atoms with Gasteiger partial charge in [0.15, 0.2) is 0 Å². The van der Waals surface area contributed by atoms with E-state index >= 15 is 0 Å². The van der Waals surface area contributed by atoms with E-state index in [1.807, 2.05) is 0 Å². The van der Waals surface area contributed by atoms with Crippen LogP contribution in [0.2, 0.25) is 18.7 Å². The first kappa shape index (κ1) is 16.4. The lowest BCUT2D eigenvalue weighted by atomic mass is 9.90. The summed E-state index contributed by atoms with van der Waals surface area (Å²) in [7, 11) is 0. The van der Waals surface area contributed by atoms with Gasteiger partial charge in [-0.15, -0.1) is 11.3 Å². The van der Waals surface area contributed by atoms with Crippen molar-refractivity contribution in [2.24, 2.45) is 5.73 Å². The van der Waals surface area contributed by atoms with E-state index < -0.39 is 6.10 Å². The van der Waals surface area contributed by atoms with Crippen molar-refractivity contribution in [3.05, 3.63) is 54.1 Å². The summed E-state index contributed by atoms with van der Waals surface area (Å²) in [5, 5.41) is 11.4. The number of halogens is 4. The van der Waals surface area contributed by atoms with E-state index in [1.165, 1.54) is 11.3 Å². The molecule has 0 saturated carbocycles. The third-order valence-electron chi connectivity index (χ3n) is 3.01. The minimum absolute atomic E-state index is 0.239. The van der Waals surface area contributed by atoms with Gasteiger partial charge in [0.25, 0.3) is 0 Å². The maximum atomic E-state index is 10.5. The summed E-state index contributed by atoms with van der Waals surface area (Å²) in [4.78, 5) is 0. The highest BCUT2D eigenvalue weighted by molar-refractivity contribution is 7.20. The number of nitrogens with two attached hydrogens (primary N) is 1. The number of thiophene rings is 1. The second-order valence-electron chi connectivity index (χ2n) is 4.24. The van der Waals surface area contributed by atoms with Gasteiger partial charge in [0, 0.05) is 18.0 Å². The van der Waals surface area contributed by atoms with Crippen molar-refractivity contribution in [1.82, 2.24) is 0 Å². The molecule has 20 heavy (non-hydrogen) atoms. The lowest BCUT2D eigenvalue weighted by molar-refractivity contribution is 0.148. The highest BCUT2D eigenvalue weighted by Gasteiger charge is 2.25. The summed E-state index contributed by atoms with van der Waals surface area (Å²) in [6, 6.07) is 6.82. The summed E-state index contributed by atoms with van der Waals surface area (Å²) < 4.78 is 0.981. The van der Waals surface area contributed by atoms with E-state index in [0.717, 1.165) is 5.56 Å². The van der Waals surface area contributed by atoms with Crippen LogP contribution in [0, 0.1) is 0 Å². The van der Waals surface area contributed by atoms with Crippen molar-refractivity contribution in [1.29, 1.82) is 0 Å². The van der Waals surface area contributed by atoms with E-state index in [1.54, 1.807) is 24.3 Å². The monoisotopic (exact) mass is 369 g/mol. The number of hydrogen-bond donors (Lipinski definition) is 2. The summed E-state index contributed by atoms with van der Waals surface area (Å²) in [5.41, 5.74) is 7.15. The van der Waals surface area contributed by atoms with Gasteiger partial charge in [-0.05, 0) is 23.8 Å². The average molecular weight is 371 g/mol. The predicted molar refractivity (Wildman–Crippen MR) is 87.6 cm³/mol. The second kappa shape index (κ2) is 6.84. The minimum Gasteiger partial charge on any atom is -0.388 e. The van der Waals surface area contributed by atoms with Crippen molar-refractivity contribution < 1.29 is 5.11 Å². The molecule has 0 aliphatic carbocycles. The van der Waals surface area contributed by atoms with Gasteiger partial charge in [-0.3, -0.25) is 0 Å². The molecule has 0 bridgehead atoms. The molecule has 0 radical (unpaired) electrons. The maximum absolute atomic E-state index is 10.5. The van der Waals surface area contributed by atoms with Crippen LogP contribution >= 0.6 is 57.7 Å². The SMILES string of the molecule is NCC(c1ccc(Cl)c(Cl)c1)C(O)c1cc(Cl)sc1Cl. The Hall–Kier alpha value is -0.0000000000000000555. The highest BCUT2D eigenvalue weighted by atomic mass is 35.5. The molecule has 7 heteroatoms. The van der Waals surface area contributed by atoms with Gasteiger partial charge in [0.1, 0.15) is 4.34 Å². The molecule has 1 aromatic heterocycles. The summed E-state index contributed by atoms with van der Waals surface area (Å²) >= 11 is 25.1. The van der Waals surface area contributed by atoms with Crippen LogP contribution in [0.1, 0.15) is 23.1 Å². The third-order valence-corrected chi connectivity index (χ3v) is 5.27. The smallest absolute Gasteiger partial charge is 0.100 e. The molecule has 2 aromatic rings. The van der Waals surface area contributed by atoms with E-state index in [9.17, 15) is 5.11 Å². The zero-order chi connectivity index (χ0) is 14.9. The fourth-order valence-electron chi connectivity index (χ4n) is 1.96. The predicted octanol–water partition coefficient (Wildman–Crippen LogP) is 5.14. The van der Waals surface area contributed by atoms with E-state index in [0.29, 0.717) is 24.3 Å². The minimum atomic E-state index is -0.853. The molecule has 0 aliphatic rings. The zero-order valence-electron chi connectivity index (χ0n) is 10.1. The van der Waals surface area contributed by atoms with Crippen molar-refractivity contribution >= 4 is 57.7 Å². The van der Waals surface area contributed by atoms with Gasteiger partial charge in [0.05, 0.1) is 20.5 Å². The van der Waals surface area contributed by atoms with Crippen LogP contribution in [0.3, 0.4) is 0 Å². The Morgan fingerprint density at radius 2 is 1.80 bits per heavy atom. The molecule has 108 valence electrons. The Balaban J connectivity index is 2.36. The lowest BCUT2D eigenvalue weighted by Gasteiger charge is -2.22. The molecule has 0 spiro atoms. The fraction of sp³-hybridized carbons (Fsp3) is 0.231. The van der Waals surface area contributed by atoms with Crippen LogP contribution in [-0.2, 0) is 0 Å². The Morgan fingerprint density at radius 3 is 2.30 bits per heavy atom. The van der Waals surface area contributed by atoms with E-state index in [4.69, 9.17) is 52.1 Å². The number of aliphatic hydroxyl groups excluding tert-OH is 1. The molecular weight excluding hydrogens is 360 g/mol. The molecule has 0 amide bonds. The molecule has 2 rings (SSSR count). The van der Waals surface area contributed by atoms with Crippen LogP contribution in [0.25, 0.3) is 0 Å². The number of benzene rings is 1. The van der Waals surface area contributed by atoms with E-state index in [2.05, 4.69) is 0 Å². The number of rotatable bonds is 4. The Kier molecular flexibility index (Phi) is 5.60. The zero-order valence-corrected chi connectivity index (χ0v) is 14.0. The Labute approximate surface area is 141 Å². The van der Waals surface area contributed by atoms with Crippen molar-refractivity contribution in [3.63, 3.8) is 0 Å². The van der Waals surface area contributed by atoms with Crippen LogP contribution in [0.15, 0.2) is 24.3 Å². The molecule has 2 unspecified atom stereocenters. The lowest BCUT2D eigenvalue weighted by Crippen LogP contribution is -2.20. The summed E-state index contributed by atoms with van der Waals surface area (Å²) in [6.45, 7) is 0.239. The Bertz CT molecular complexity index is 616. The highest BCUT2D eigenvalue weighted by Crippen LogP contribution is 2.41. The van der Waals surface area contributed by atoms with E-state index in [-0.39, 0.29) is 12.5 Å². The fourth-order valence-corrected chi connectivity index (χ4v) is 3.81.